The van der Waals surface area contributed by atoms with Gasteiger partial charge in [-0.2, -0.15) is 0 Å². The van der Waals surface area contributed by atoms with Crippen LogP contribution in [-0.4, -0.2) is 35.2 Å². The molecule has 3 aromatic rings. The summed E-state index contributed by atoms with van der Waals surface area (Å²) in [6.07, 6.45) is 4.46. The number of pyridine rings is 1. The van der Waals surface area contributed by atoms with Gasteiger partial charge in [0.15, 0.2) is 0 Å². The Hall–Kier alpha value is -2.90. The Morgan fingerprint density at radius 2 is 2.19 bits per heavy atom. The first-order valence-electron chi connectivity index (χ1n) is 9.08. The Balaban J connectivity index is 1.32. The highest BCUT2D eigenvalue weighted by atomic mass is 16.5. The Morgan fingerprint density at radius 1 is 1.26 bits per heavy atom. The van der Waals surface area contributed by atoms with Crippen molar-refractivity contribution in [1.82, 2.24) is 25.7 Å². The molecule has 2 atom stereocenters. The van der Waals surface area contributed by atoms with Crippen molar-refractivity contribution in [2.24, 2.45) is 0 Å². The number of benzene rings is 1. The molecule has 27 heavy (non-hydrogen) atoms. The van der Waals surface area contributed by atoms with Crippen LogP contribution in [0, 0.1) is 0 Å². The van der Waals surface area contributed by atoms with Gasteiger partial charge in [0.05, 0.1) is 24.4 Å². The maximum absolute atomic E-state index is 12.5. The second-order valence-electron chi connectivity index (χ2n) is 6.58. The molecule has 2 aromatic heterocycles. The van der Waals surface area contributed by atoms with Gasteiger partial charge in [0.2, 0.25) is 5.91 Å². The fraction of sp³-hybridized carbons (Fsp3) is 0.300. The van der Waals surface area contributed by atoms with Crippen LogP contribution in [0.25, 0.3) is 10.9 Å². The van der Waals surface area contributed by atoms with Crippen molar-refractivity contribution in [3.63, 3.8) is 0 Å². The lowest BCUT2D eigenvalue weighted by Gasteiger charge is -2.12. The molecule has 0 radical (unpaired) electrons. The molecule has 2 unspecified atom stereocenters. The molecule has 1 fully saturated rings. The molecule has 0 bridgehead atoms. The molecule has 3 heterocycles. The normalized spacial score (nSPS) is 19.3. The van der Waals surface area contributed by atoms with Crippen LogP contribution in [0.3, 0.4) is 0 Å². The van der Waals surface area contributed by atoms with Gasteiger partial charge in [-0.25, -0.2) is 10.9 Å². The summed E-state index contributed by atoms with van der Waals surface area (Å²) in [6, 6.07) is 13.6. The molecule has 0 spiro atoms. The van der Waals surface area contributed by atoms with E-state index in [0.29, 0.717) is 19.5 Å². The number of nitrogens with one attached hydrogen (secondary N) is 3. The topological polar surface area (TPSA) is 80.2 Å². The number of nitrogens with zero attached hydrogens (tertiary/aromatic N) is 2. The Morgan fingerprint density at radius 3 is 3.00 bits per heavy atom. The number of rotatable bonds is 6. The number of hydrogen-bond acceptors (Lipinski definition) is 5. The number of methoxy groups -OCH3 is 1. The summed E-state index contributed by atoms with van der Waals surface area (Å²) in [5.41, 5.74) is 8.25. The summed E-state index contributed by atoms with van der Waals surface area (Å²) >= 11 is 0. The van der Waals surface area contributed by atoms with E-state index in [-0.39, 0.29) is 18.0 Å². The Bertz CT molecular complexity index is 925. The lowest BCUT2D eigenvalue weighted by molar-refractivity contribution is -0.122. The number of hydrazine groups is 1. The lowest BCUT2D eigenvalue weighted by atomic mass is 10.1. The van der Waals surface area contributed by atoms with E-state index in [1.54, 1.807) is 13.3 Å². The second-order valence-corrected chi connectivity index (χ2v) is 6.58. The molecular weight excluding hydrogens is 342 g/mol. The predicted octanol–water partition coefficient (Wildman–Crippen LogP) is 1.77. The first kappa shape index (κ1) is 17.5. The number of amides is 1. The molecule has 4 rings (SSSR count). The number of carbonyl (C=O) groups excluding carboxylic acids is 1. The van der Waals surface area contributed by atoms with Gasteiger partial charge in [0, 0.05) is 30.9 Å². The molecule has 7 nitrogen and oxygen atoms in total. The average Bonchev–Trinajstić information content (AvgIpc) is 3.36. The molecule has 1 aliphatic heterocycles. The monoisotopic (exact) mass is 365 g/mol. The molecule has 140 valence electrons. The van der Waals surface area contributed by atoms with Crippen LogP contribution in [0.2, 0.25) is 0 Å². The summed E-state index contributed by atoms with van der Waals surface area (Å²) in [7, 11) is 1.67. The maximum atomic E-state index is 12.5. The maximum Gasteiger partial charge on any atom is 0.238 e. The van der Waals surface area contributed by atoms with Gasteiger partial charge in [0.1, 0.15) is 11.8 Å². The van der Waals surface area contributed by atoms with E-state index >= 15 is 0 Å². The number of aromatic nitrogens is 2. The van der Waals surface area contributed by atoms with E-state index in [9.17, 15) is 4.79 Å². The molecule has 1 amide bonds. The minimum atomic E-state index is -0.265. The van der Waals surface area contributed by atoms with Crippen molar-refractivity contribution < 1.29 is 9.53 Å². The fourth-order valence-electron chi connectivity index (χ4n) is 3.50. The van der Waals surface area contributed by atoms with Crippen molar-refractivity contribution in [2.75, 3.05) is 13.7 Å². The molecule has 1 aliphatic rings. The Labute approximate surface area is 157 Å². The average molecular weight is 365 g/mol. The highest BCUT2D eigenvalue weighted by molar-refractivity contribution is 5.86. The molecule has 0 saturated carbocycles. The second kappa shape index (κ2) is 7.77. The third kappa shape index (κ3) is 3.65. The highest BCUT2D eigenvalue weighted by Crippen LogP contribution is 2.26. The quantitative estimate of drug-likeness (QED) is 0.620. The summed E-state index contributed by atoms with van der Waals surface area (Å²) in [5, 5.41) is 4.09. The van der Waals surface area contributed by atoms with E-state index in [0.717, 1.165) is 22.3 Å². The van der Waals surface area contributed by atoms with Crippen LogP contribution in [0.15, 0.2) is 54.9 Å². The molecule has 1 saturated heterocycles. The summed E-state index contributed by atoms with van der Waals surface area (Å²) < 4.78 is 7.51. The van der Waals surface area contributed by atoms with Crippen LogP contribution >= 0.6 is 0 Å². The smallest absolute Gasteiger partial charge is 0.238 e. The molecular formula is C20H23N5O2. The van der Waals surface area contributed by atoms with Gasteiger partial charge < -0.3 is 14.6 Å². The fourth-order valence-corrected chi connectivity index (χ4v) is 3.50. The van der Waals surface area contributed by atoms with Crippen LogP contribution in [0.4, 0.5) is 0 Å². The molecule has 7 heteroatoms. The van der Waals surface area contributed by atoms with Crippen molar-refractivity contribution in [2.45, 2.75) is 25.0 Å². The number of carbonyl (C=O) groups is 1. The van der Waals surface area contributed by atoms with Crippen molar-refractivity contribution >= 4 is 16.8 Å². The van der Waals surface area contributed by atoms with Crippen LogP contribution in [0.5, 0.6) is 5.75 Å². The van der Waals surface area contributed by atoms with Crippen molar-refractivity contribution in [3.8, 4) is 5.75 Å². The van der Waals surface area contributed by atoms with Gasteiger partial charge in [0.25, 0.3) is 0 Å². The third-order valence-corrected chi connectivity index (χ3v) is 4.91. The van der Waals surface area contributed by atoms with Crippen molar-refractivity contribution in [3.05, 3.63) is 60.6 Å². The number of fused-ring (bicyclic) bond motifs is 1. The zero-order chi connectivity index (χ0) is 18.6. The third-order valence-electron chi connectivity index (χ3n) is 4.91. The van der Waals surface area contributed by atoms with Crippen molar-refractivity contribution in [1.29, 1.82) is 0 Å². The van der Waals surface area contributed by atoms with E-state index in [4.69, 9.17) is 4.74 Å². The first-order chi connectivity index (χ1) is 13.3. The van der Waals surface area contributed by atoms with E-state index in [1.165, 1.54) is 0 Å². The predicted molar refractivity (Wildman–Crippen MR) is 103 cm³/mol. The molecule has 3 N–H and O–H groups in total. The summed E-state index contributed by atoms with van der Waals surface area (Å²) in [6.45, 7) is 1.26. The summed E-state index contributed by atoms with van der Waals surface area (Å²) in [4.78, 5) is 16.8. The van der Waals surface area contributed by atoms with E-state index in [2.05, 4.69) is 31.8 Å². The number of ether oxygens (including phenoxy) is 1. The lowest BCUT2D eigenvalue weighted by Crippen LogP contribution is -2.44. The molecule has 1 aromatic carbocycles. The van der Waals surface area contributed by atoms with E-state index in [1.807, 2.05) is 42.6 Å². The summed E-state index contributed by atoms with van der Waals surface area (Å²) in [5.74, 6) is 0.854. The van der Waals surface area contributed by atoms with Gasteiger partial charge >= 0.3 is 0 Å². The first-order valence-corrected chi connectivity index (χ1v) is 9.08. The zero-order valence-corrected chi connectivity index (χ0v) is 15.2. The molecule has 0 aliphatic carbocycles. The minimum Gasteiger partial charge on any atom is -0.496 e. The standard InChI is InChI=1S/C20H23N5O2/c1-27-19-7-4-6-18-14(19)8-11-25(18)12-10-22-20(26)17-13-16(23-24-17)15-5-2-3-9-21-15/h2-9,11,16-17,23-24H,10,12-13H2,1H3,(H,22,26). The SMILES string of the molecule is COc1cccc2c1ccn2CCNC(=O)C1CC(c2ccccn2)NN1. The van der Waals surface area contributed by atoms with Crippen LogP contribution in [0.1, 0.15) is 18.2 Å². The highest BCUT2D eigenvalue weighted by Gasteiger charge is 2.30. The van der Waals surface area contributed by atoms with Gasteiger partial charge in [-0.05, 0) is 36.8 Å². The van der Waals surface area contributed by atoms with Gasteiger partial charge in [-0.3, -0.25) is 9.78 Å². The van der Waals surface area contributed by atoms with E-state index < -0.39 is 0 Å². The minimum absolute atomic E-state index is 0.00465. The van der Waals surface area contributed by atoms with Gasteiger partial charge in [-0.1, -0.05) is 12.1 Å². The Kier molecular flexibility index (Phi) is 5.04. The van der Waals surface area contributed by atoms with Crippen LogP contribution in [-0.2, 0) is 11.3 Å². The van der Waals surface area contributed by atoms with Gasteiger partial charge in [-0.15, -0.1) is 0 Å². The zero-order valence-electron chi connectivity index (χ0n) is 15.2. The van der Waals surface area contributed by atoms with Crippen LogP contribution < -0.4 is 20.9 Å². The number of hydrogen-bond donors (Lipinski definition) is 3. The largest absolute Gasteiger partial charge is 0.496 e.